The third kappa shape index (κ3) is 8.19. The minimum Gasteiger partial charge on any atom is -0.480 e. The molecule has 0 heterocycles. The second kappa shape index (κ2) is 9.11. The Balaban J connectivity index is 3.68. The third-order valence-electron chi connectivity index (χ3n) is 2.15. The van der Waals surface area contributed by atoms with Crippen LogP contribution in [0, 0.1) is 0 Å². The Bertz CT molecular complexity index is 221. The van der Waals surface area contributed by atoms with E-state index in [9.17, 15) is 9.59 Å². The normalized spacial score (nSPS) is 12.3. The maximum atomic E-state index is 10.8. The molecule has 0 aromatic rings. The molecule has 1 amide bonds. The molecule has 5 N–H and O–H groups in total. The number of hydrogen-bond acceptors (Lipinski definition) is 4. The van der Waals surface area contributed by atoms with Crippen molar-refractivity contribution in [1.82, 2.24) is 10.6 Å². The van der Waals surface area contributed by atoms with Gasteiger partial charge in [0.25, 0.3) is 0 Å². The number of carboxylic acid groups (broad SMARTS) is 1. The number of nitrogens with two attached hydrogens (primary N) is 1. The van der Waals surface area contributed by atoms with E-state index < -0.39 is 17.9 Å². The number of carbonyl (C=O) groups excluding carboxylic acids is 1. The standard InChI is InChI=1S/C10H21N3O3/c1-2-12-6-3-7-13-8(10(15)16)4-5-9(11)14/h8,12-13H,2-7H2,1H3,(H2,11,14)(H,15,16)/t8-/m0/s1. The van der Waals surface area contributed by atoms with Gasteiger partial charge in [-0.25, -0.2) is 0 Å². The maximum absolute atomic E-state index is 10.8. The van der Waals surface area contributed by atoms with Crippen molar-refractivity contribution in [3.05, 3.63) is 0 Å². The number of carboxylic acids is 1. The van der Waals surface area contributed by atoms with Gasteiger partial charge in [-0.15, -0.1) is 0 Å². The Labute approximate surface area is 95.6 Å². The molecule has 1 atom stereocenters. The highest BCUT2D eigenvalue weighted by atomic mass is 16.4. The van der Waals surface area contributed by atoms with Crippen molar-refractivity contribution in [3.8, 4) is 0 Å². The second-order valence-electron chi connectivity index (χ2n) is 3.56. The zero-order valence-corrected chi connectivity index (χ0v) is 9.66. The average molecular weight is 231 g/mol. The van der Waals surface area contributed by atoms with Crippen molar-refractivity contribution in [2.75, 3.05) is 19.6 Å². The van der Waals surface area contributed by atoms with Gasteiger partial charge >= 0.3 is 5.97 Å². The molecule has 0 unspecified atom stereocenters. The van der Waals surface area contributed by atoms with Gasteiger partial charge in [0.05, 0.1) is 0 Å². The predicted molar refractivity (Wildman–Crippen MR) is 61.0 cm³/mol. The molecule has 0 fully saturated rings. The summed E-state index contributed by atoms with van der Waals surface area (Å²) < 4.78 is 0. The summed E-state index contributed by atoms with van der Waals surface area (Å²) in [5, 5.41) is 14.9. The van der Waals surface area contributed by atoms with E-state index in [-0.39, 0.29) is 12.8 Å². The summed E-state index contributed by atoms with van der Waals surface area (Å²) in [5.41, 5.74) is 4.97. The van der Waals surface area contributed by atoms with E-state index in [0.29, 0.717) is 6.54 Å². The average Bonchev–Trinajstić information content (AvgIpc) is 2.21. The van der Waals surface area contributed by atoms with E-state index in [4.69, 9.17) is 10.8 Å². The van der Waals surface area contributed by atoms with Gasteiger partial charge in [0.1, 0.15) is 6.04 Å². The first-order chi connectivity index (χ1) is 7.57. The highest BCUT2D eigenvalue weighted by molar-refractivity contribution is 5.77. The van der Waals surface area contributed by atoms with Crippen LogP contribution in [0.25, 0.3) is 0 Å². The summed E-state index contributed by atoms with van der Waals surface area (Å²) in [7, 11) is 0. The molecule has 0 aliphatic rings. The van der Waals surface area contributed by atoms with Gasteiger partial charge in [0.2, 0.25) is 5.91 Å². The van der Waals surface area contributed by atoms with Crippen molar-refractivity contribution < 1.29 is 14.7 Å². The van der Waals surface area contributed by atoms with Gasteiger partial charge in [-0.1, -0.05) is 6.92 Å². The SMILES string of the molecule is CCNCCCN[C@@H](CCC(N)=O)C(=O)O. The Kier molecular flexibility index (Phi) is 8.46. The molecule has 0 saturated heterocycles. The first kappa shape index (κ1) is 14.9. The van der Waals surface area contributed by atoms with E-state index in [0.717, 1.165) is 19.5 Å². The van der Waals surface area contributed by atoms with Crippen LogP contribution in [0.2, 0.25) is 0 Å². The van der Waals surface area contributed by atoms with Gasteiger partial charge in [0, 0.05) is 6.42 Å². The lowest BCUT2D eigenvalue weighted by molar-refractivity contribution is -0.139. The van der Waals surface area contributed by atoms with Gasteiger partial charge in [-0.3, -0.25) is 9.59 Å². The minimum absolute atomic E-state index is 0.0944. The summed E-state index contributed by atoms with van der Waals surface area (Å²) in [6.07, 6.45) is 1.19. The number of aliphatic carboxylic acids is 1. The highest BCUT2D eigenvalue weighted by Crippen LogP contribution is 1.97. The first-order valence-electron chi connectivity index (χ1n) is 5.53. The fourth-order valence-corrected chi connectivity index (χ4v) is 1.27. The van der Waals surface area contributed by atoms with E-state index in [1.54, 1.807) is 0 Å². The summed E-state index contributed by atoms with van der Waals surface area (Å²) >= 11 is 0. The summed E-state index contributed by atoms with van der Waals surface area (Å²) in [6.45, 7) is 4.39. The third-order valence-corrected chi connectivity index (χ3v) is 2.15. The summed E-state index contributed by atoms with van der Waals surface area (Å²) in [6, 6.07) is -0.686. The molecule has 0 aromatic carbocycles. The van der Waals surface area contributed by atoms with Crippen LogP contribution in [-0.2, 0) is 9.59 Å². The van der Waals surface area contributed by atoms with Gasteiger partial charge < -0.3 is 21.5 Å². The topological polar surface area (TPSA) is 104 Å². The lowest BCUT2D eigenvalue weighted by Gasteiger charge is -2.13. The summed E-state index contributed by atoms with van der Waals surface area (Å²) in [4.78, 5) is 21.3. The van der Waals surface area contributed by atoms with Crippen LogP contribution in [-0.4, -0.2) is 42.7 Å². The number of hydrogen-bond donors (Lipinski definition) is 4. The zero-order chi connectivity index (χ0) is 12.4. The largest absolute Gasteiger partial charge is 0.480 e. The molecular weight excluding hydrogens is 210 g/mol. The van der Waals surface area contributed by atoms with Crippen molar-refractivity contribution in [2.45, 2.75) is 32.2 Å². The zero-order valence-electron chi connectivity index (χ0n) is 9.66. The quantitative estimate of drug-likeness (QED) is 0.372. The van der Waals surface area contributed by atoms with Crippen LogP contribution in [0.1, 0.15) is 26.2 Å². The number of amides is 1. The molecule has 0 spiro atoms. The van der Waals surface area contributed by atoms with E-state index in [1.165, 1.54) is 0 Å². The Hall–Kier alpha value is -1.14. The molecule has 0 rings (SSSR count). The lowest BCUT2D eigenvalue weighted by atomic mass is 10.1. The van der Waals surface area contributed by atoms with E-state index in [2.05, 4.69) is 10.6 Å². The van der Waals surface area contributed by atoms with Crippen molar-refractivity contribution >= 4 is 11.9 Å². The van der Waals surface area contributed by atoms with Crippen LogP contribution in [0.15, 0.2) is 0 Å². The van der Waals surface area contributed by atoms with Crippen LogP contribution in [0.5, 0.6) is 0 Å². The van der Waals surface area contributed by atoms with Crippen molar-refractivity contribution in [2.24, 2.45) is 5.73 Å². The molecule has 0 aliphatic carbocycles. The Morgan fingerprint density at radius 3 is 2.56 bits per heavy atom. The van der Waals surface area contributed by atoms with Crippen LogP contribution in [0.3, 0.4) is 0 Å². The Morgan fingerprint density at radius 1 is 1.38 bits per heavy atom. The van der Waals surface area contributed by atoms with E-state index in [1.807, 2.05) is 6.92 Å². The molecule has 16 heavy (non-hydrogen) atoms. The number of rotatable bonds is 10. The molecule has 0 bridgehead atoms. The summed E-state index contributed by atoms with van der Waals surface area (Å²) in [5.74, 6) is -1.41. The van der Waals surface area contributed by atoms with Crippen molar-refractivity contribution in [3.63, 3.8) is 0 Å². The first-order valence-corrected chi connectivity index (χ1v) is 5.53. The second-order valence-corrected chi connectivity index (χ2v) is 3.56. The molecule has 6 nitrogen and oxygen atoms in total. The maximum Gasteiger partial charge on any atom is 0.320 e. The fraction of sp³-hybridized carbons (Fsp3) is 0.800. The lowest BCUT2D eigenvalue weighted by Crippen LogP contribution is -2.38. The molecular formula is C10H21N3O3. The van der Waals surface area contributed by atoms with Gasteiger partial charge in [-0.2, -0.15) is 0 Å². The van der Waals surface area contributed by atoms with Gasteiger partial charge in [-0.05, 0) is 32.5 Å². The molecule has 94 valence electrons. The minimum atomic E-state index is -0.940. The van der Waals surface area contributed by atoms with Gasteiger partial charge in [0.15, 0.2) is 0 Å². The predicted octanol–water partition coefficient (Wildman–Crippen LogP) is -0.706. The molecule has 0 aromatic heterocycles. The van der Waals surface area contributed by atoms with E-state index >= 15 is 0 Å². The number of carbonyl (C=O) groups is 2. The molecule has 0 radical (unpaired) electrons. The molecule has 0 aliphatic heterocycles. The number of nitrogens with one attached hydrogen (secondary N) is 2. The molecule has 0 saturated carbocycles. The highest BCUT2D eigenvalue weighted by Gasteiger charge is 2.16. The fourth-order valence-electron chi connectivity index (χ4n) is 1.27. The monoisotopic (exact) mass is 231 g/mol. The van der Waals surface area contributed by atoms with Crippen LogP contribution < -0.4 is 16.4 Å². The smallest absolute Gasteiger partial charge is 0.320 e. The Morgan fingerprint density at radius 2 is 2.06 bits per heavy atom. The number of primary amides is 1. The van der Waals surface area contributed by atoms with Crippen LogP contribution in [0.4, 0.5) is 0 Å². The molecule has 6 heteroatoms. The van der Waals surface area contributed by atoms with Crippen molar-refractivity contribution in [1.29, 1.82) is 0 Å². The van der Waals surface area contributed by atoms with Crippen LogP contribution >= 0.6 is 0 Å².